The van der Waals surface area contributed by atoms with Crippen molar-refractivity contribution in [3.8, 4) is 0 Å². The highest BCUT2D eigenvalue weighted by Gasteiger charge is 2.20. The van der Waals surface area contributed by atoms with Crippen molar-refractivity contribution in [2.24, 2.45) is 5.92 Å². The van der Waals surface area contributed by atoms with Crippen LogP contribution in [-0.2, 0) is 11.2 Å². The maximum Gasteiger partial charge on any atom is 0.309 e. The summed E-state index contributed by atoms with van der Waals surface area (Å²) in [4.78, 5) is 17.6. The number of nitrogens with zero attached hydrogens (tertiary/aromatic N) is 2. The third kappa shape index (κ3) is 4.28. The number of piperidine rings is 1. The minimum Gasteiger partial charge on any atom is -0.481 e. The number of aliphatic carboxylic acids is 1. The standard InChI is InChI=1S/C14H22N2O2S/c1-10-4-3-5-16(7-10)8-11(2)14-15-12(9-19-14)6-13(17)18/h9-11H,3-8H2,1-2H3,(H,17,18). The number of aromatic nitrogens is 1. The van der Waals surface area contributed by atoms with Crippen molar-refractivity contribution in [3.05, 3.63) is 16.1 Å². The zero-order valence-electron chi connectivity index (χ0n) is 11.6. The van der Waals surface area contributed by atoms with Crippen LogP contribution in [0.2, 0.25) is 0 Å². The summed E-state index contributed by atoms with van der Waals surface area (Å²) >= 11 is 1.59. The normalized spacial score (nSPS) is 22.3. The van der Waals surface area contributed by atoms with Crippen molar-refractivity contribution < 1.29 is 9.90 Å². The monoisotopic (exact) mass is 282 g/mol. The van der Waals surface area contributed by atoms with Crippen LogP contribution in [0.4, 0.5) is 0 Å². The van der Waals surface area contributed by atoms with Crippen molar-refractivity contribution in [1.82, 2.24) is 9.88 Å². The van der Waals surface area contributed by atoms with Gasteiger partial charge in [0.1, 0.15) is 0 Å². The van der Waals surface area contributed by atoms with Gasteiger partial charge in [-0.3, -0.25) is 4.79 Å². The van der Waals surface area contributed by atoms with Gasteiger partial charge in [0.25, 0.3) is 0 Å². The summed E-state index contributed by atoms with van der Waals surface area (Å²) in [6, 6.07) is 0. The minimum absolute atomic E-state index is 0.0317. The van der Waals surface area contributed by atoms with Crippen molar-refractivity contribution in [3.63, 3.8) is 0 Å². The van der Waals surface area contributed by atoms with E-state index in [1.807, 2.05) is 5.38 Å². The third-order valence-corrected chi connectivity index (χ3v) is 4.72. The summed E-state index contributed by atoms with van der Waals surface area (Å²) in [5.74, 6) is 0.368. The lowest BCUT2D eigenvalue weighted by atomic mass is 9.99. The fourth-order valence-electron chi connectivity index (χ4n) is 2.70. The van der Waals surface area contributed by atoms with Gasteiger partial charge in [-0.2, -0.15) is 0 Å². The highest BCUT2D eigenvalue weighted by Crippen LogP contribution is 2.24. The van der Waals surface area contributed by atoms with Crippen LogP contribution in [0.15, 0.2) is 5.38 Å². The summed E-state index contributed by atoms with van der Waals surface area (Å²) in [6.45, 7) is 7.89. The van der Waals surface area contributed by atoms with Crippen LogP contribution >= 0.6 is 11.3 Å². The number of carbonyl (C=O) groups is 1. The van der Waals surface area contributed by atoms with Crippen LogP contribution in [0.5, 0.6) is 0 Å². The van der Waals surface area contributed by atoms with Crippen molar-refractivity contribution in [2.45, 2.75) is 39.0 Å². The van der Waals surface area contributed by atoms with E-state index in [0.29, 0.717) is 11.6 Å². The van der Waals surface area contributed by atoms with E-state index in [-0.39, 0.29) is 6.42 Å². The SMILES string of the molecule is CC1CCCN(CC(C)c2nc(CC(=O)O)cs2)C1. The molecule has 0 aromatic carbocycles. The first-order valence-corrected chi connectivity index (χ1v) is 7.81. The van der Waals surface area contributed by atoms with Gasteiger partial charge in [-0.1, -0.05) is 13.8 Å². The van der Waals surface area contributed by atoms with Crippen LogP contribution < -0.4 is 0 Å². The Kier molecular flexibility index (Phi) is 4.93. The number of hydrogen-bond donors (Lipinski definition) is 1. The second-order valence-electron chi connectivity index (χ2n) is 5.66. The van der Waals surface area contributed by atoms with E-state index in [1.54, 1.807) is 11.3 Å². The maximum atomic E-state index is 10.7. The van der Waals surface area contributed by atoms with Gasteiger partial charge >= 0.3 is 5.97 Å². The predicted octanol–water partition coefficient (Wildman–Crippen LogP) is 2.61. The van der Waals surface area contributed by atoms with E-state index in [1.165, 1.54) is 25.9 Å². The molecule has 19 heavy (non-hydrogen) atoms. The minimum atomic E-state index is -0.811. The van der Waals surface area contributed by atoms with Gasteiger partial charge in [0.15, 0.2) is 0 Å². The maximum absolute atomic E-state index is 10.7. The highest BCUT2D eigenvalue weighted by molar-refractivity contribution is 7.09. The molecule has 0 saturated carbocycles. The molecule has 0 amide bonds. The Morgan fingerprint density at radius 1 is 1.68 bits per heavy atom. The Morgan fingerprint density at radius 2 is 2.47 bits per heavy atom. The van der Waals surface area contributed by atoms with Gasteiger partial charge in [0.05, 0.1) is 17.1 Å². The summed E-state index contributed by atoms with van der Waals surface area (Å²) in [5.41, 5.74) is 0.686. The lowest BCUT2D eigenvalue weighted by Crippen LogP contribution is -2.36. The number of carboxylic acids is 1. The first kappa shape index (κ1) is 14.5. The lowest BCUT2D eigenvalue weighted by Gasteiger charge is -2.32. The molecule has 2 atom stereocenters. The zero-order valence-corrected chi connectivity index (χ0v) is 12.4. The number of likely N-dealkylation sites (tertiary alicyclic amines) is 1. The molecule has 0 aliphatic carbocycles. The molecule has 0 radical (unpaired) electrons. The molecule has 5 heteroatoms. The van der Waals surface area contributed by atoms with Crippen LogP contribution in [-0.4, -0.2) is 40.6 Å². The molecule has 1 saturated heterocycles. The molecule has 1 aliphatic rings. The molecule has 2 heterocycles. The molecule has 106 valence electrons. The molecule has 1 aromatic rings. The van der Waals surface area contributed by atoms with Crippen LogP contribution in [0.25, 0.3) is 0 Å². The molecule has 0 spiro atoms. The molecule has 1 fully saturated rings. The first-order valence-electron chi connectivity index (χ1n) is 6.93. The summed E-state index contributed by atoms with van der Waals surface area (Å²) < 4.78 is 0. The molecule has 0 bridgehead atoms. The number of thiazole rings is 1. The van der Waals surface area contributed by atoms with Crippen molar-refractivity contribution in [2.75, 3.05) is 19.6 Å². The third-order valence-electron chi connectivity index (χ3n) is 3.60. The van der Waals surface area contributed by atoms with E-state index >= 15 is 0 Å². The molecular weight excluding hydrogens is 260 g/mol. The zero-order chi connectivity index (χ0) is 13.8. The van der Waals surface area contributed by atoms with Crippen LogP contribution in [0.3, 0.4) is 0 Å². The number of rotatable bonds is 5. The molecule has 1 aliphatic heterocycles. The predicted molar refractivity (Wildman–Crippen MR) is 76.7 cm³/mol. The molecule has 2 rings (SSSR count). The fraction of sp³-hybridized carbons (Fsp3) is 0.714. The van der Waals surface area contributed by atoms with Crippen molar-refractivity contribution >= 4 is 17.3 Å². The van der Waals surface area contributed by atoms with Gasteiger partial charge in [-0.15, -0.1) is 11.3 Å². The summed E-state index contributed by atoms with van der Waals surface area (Å²) in [5, 5.41) is 11.7. The largest absolute Gasteiger partial charge is 0.481 e. The number of carboxylic acid groups (broad SMARTS) is 1. The number of hydrogen-bond acceptors (Lipinski definition) is 4. The molecule has 2 unspecified atom stereocenters. The first-order chi connectivity index (χ1) is 9.04. The second-order valence-corrected chi connectivity index (χ2v) is 6.55. The smallest absolute Gasteiger partial charge is 0.309 e. The van der Waals surface area contributed by atoms with Gasteiger partial charge in [-0.05, 0) is 25.3 Å². The molecule has 4 nitrogen and oxygen atoms in total. The Hall–Kier alpha value is -0.940. The average Bonchev–Trinajstić information content (AvgIpc) is 2.76. The lowest BCUT2D eigenvalue weighted by molar-refractivity contribution is -0.136. The van der Waals surface area contributed by atoms with Crippen LogP contribution in [0.1, 0.15) is 43.3 Å². The molecule has 1 N–H and O–H groups in total. The highest BCUT2D eigenvalue weighted by atomic mass is 32.1. The van der Waals surface area contributed by atoms with Gasteiger partial charge in [0, 0.05) is 24.4 Å². The van der Waals surface area contributed by atoms with E-state index in [9.17, 15) is 4.79 Å². The Morgan fingerprint density at radius 3 is 3.16 bits per heavy atom. The topological polar surface area (TPSA) is 53.4 Å². The van der Waals surface area contributed by atoms with E-state index in [0.717, 1.165) is 17.5 Å². The van der Waals surface area contributed by atoms with E-state index < -0.39 is 5.97 Å². The quantitative estimate of drug-likeness (QED) is 0.902. The van der Waals surface area contributed by atoms with E-state index in [2.05, 4.69) is 23.7 Å². The van der Waals surface area contributed by atoms with Gasteiger partial charge in [-0.25, -0.2) is 4.98 Å². The summed E-state index contributed by atoms with van der Waals surface area (Å²) in [6.07, 6.45) is 2.66. The summed E-state index contributed by atoms with van der Waals surface area (Å²) in [7, 11) is 0. The Bertz CT molecular complexity index is 433. The fourth-order valence-corrected chi connectivity index (χ4v) is 3.57. The molecular formula is C14H22N2O2S. The van der Waals surface area contributed by atoms with Gasteiger partial charge in [0.2, 0.25) is 0 Å². The van der Waals surface area contributed by atoms with Crippen LogP contribution in [0, 0.1) is 5.92 Å². The molecule has 1 aromatic heterocycles. The van der Waals surface area contributed by atoms with E-state index in [4.69, 9.17) is 5.11 Å². The second kappa shape index (κ2) is 6.48. The Labute approximate surface area is 118 Å². The average molecular weight is 282 g/mol. The van der Waals surface area contributed by atoms with Crippen molar-refractivity contribution in [1.29, 1.82) is 0 Å². The Balaban J connectivity index is 1.90. The van der Waals surface area contributed by atoms with Gasteiger partial charge < -0.3 is 10.0 Å².